The van der Waals surface area contributed by atoms with Crippen molar-refractivity contribution >= 4 is 5.97 Å². The molecule has 0 saturated carbocycles. The molecule has 0 bridgehead atoms. The van der Waals surface area contributed by atoms with Crippen molar-refractivity contribution in [1.29, 1.82) is 0 Å². The van der Waals surface area contributed by atoms with Crippen molar-refractivity contribution in [3.05, 3.63) is 24.2 Å². The highest BCUT2D eigenvalue weighted by Gasteiger charge is 2.20. The van der Waals surface area contributed by atoms with Crippen molar-refractivity contribution in [1.82, 2.24) is 5.32 Å². The second-order valence-corrected chi connectivity index (χ2v) is 3.25. The van der Waals surface area contributed by atoms with Crippen molar-refractivity contribution in [3.63, 3.8) is 0 Å². The highest BCUT2D eigenvalue weighted by Crippen LogP contribution is 2.12. The van der Waals surface area contributed by atoms with E-state index in [1.54, 1.807) is 18.4 Å². The van der Waals surface area contributed by atoms with Gasteiger partial charge in [-0.1, -0.05) is 0 Å². The van der Waals surface area contributed by atoms with Crippen molar-refractivity contribution in [3.8, 4) is 0 Å². The van der Waals surface area contributed by atoms with Gasteiger partial charge in [0.05, 0.1) is 18.9 Å². The van der Waals surface area contributed by atoms with Gasteiger partial charge < -0.3 is 14.3 Å². The summed E-state index contributed by atoms with van der Waals surface area (Å²) < 4.78 is 9.97. The Balaban J connectivity index is 2.54. The number of carboxylic acid groups (broad SMARTS) is 1. The lowest BCUT2D eigenvalue weighted by Gasteiger charge is -2.17. The SMILES string of the molecule is COCC(NC(C)c1ccco1)C(=O)O. The molecule has 1 aromatic rings. The zero-order valence-electron chi connectivity index (χ0n) is 8.77. The molecule has 0 aliphatic rings. The van der Waals surface area contributed by atoms with Gasteiger partial charge in [-0.2, -0.15) is 0 Å². The van der Waals surface area contributed by atoms with E-state index in [9.17, 15) is 4.79 Å². The Labute approximate surface area is 88.0 Å². The van der Waals surface area contributed by atoms with Crippen LogP contribution < -0.4 is 5.32 Å². The first-order chi connectivity index (χ1) is 7.15. The predicted octanol–water partition coefficient (Wildman–Crippen LogP) is 1.03. The van der Waals surface area contributed by atoms with Crippen LogP contribution in [0.2, 0.25) is 0 Å². The summed E-state index contributed by atoms with van der Waals surface area (Å²) in [5.74, 6) is -0.229. The van der Waals surface area contributed by atoms with E-state index in [0.717, 1.165) is 0 Å². The van der Waals surface area contributed by atoms with Gasteiger partial charge in [0.2, 0.25) is 0 Å². The maximum Gasteiger partial charge on any atom is 0.323 e. The number of methoxy groups -OCH3 is 1. The summed E-state index contributed by atoms with van der Waals surface area (Å²) in [4.78, 5) is 10.8. The van der Waals surface area contributed by atoms with E-state index >= 15 is 0 Å². The molecule has 0 radical (unpaired) electrons. The van der Waals surface area contributed by atoms with Crippen LogP contribution in [-0.4, -0.2) is 30.8 Å². The summed E-state index contributed by atoms with van der Waals surface area (Å²) in [5.41, 5.74) is 0. The molecule has 0 aliphatic heterocycles. The average Bonchev–Trinajstić information content (AvgIpc) is 2.69. The van der Waals surface area contributed by atoms with Crippen molar-refractivity contribution in [2.75, 3.05) is 13.7 Å². The third kappa shape index (κ3) is 3.38. The van der Waals surface area contributed by atoms with Gasteiger partial charge in [0, 0.05) is 7.11 Å². The lowest BCUT2D eigenvalue weighted by atomic mass is 10.2. The van der Waals surface area contributed by atoms with Crippen LogP contribution in [0.15, 0.2) is 22.8 Å². The molecule has 5 nitrogen and oxygen atoms in total. The monoisotopic (exact) mass is 213 g/mol. The number of ether oxygens (including phenoxy) is 1. The van der Waals surface area contributed by atoms with Crippen molar-refractivity contribution in [2.24, 2.45) is 0 Å². The van der Waals surface area contributed by atoms with Gasteiger partial charge >= 0.3 is 5.97 Å². The minimum Gasteiger partial charge on any atom is -0.480 e. The van der Waals surface area contributed by atoms with Gasteiger partial charge in [0.25, 0.3) is 0 Å². The molecule has 1 heterocycles. The quantitative estimate of drug-likeness (QED) is 0.738. The molecule has 1 aromatic heterocycles. The molecule has 0 amide bonds. The predicted molar refractivity (Wildman–Crippen MR) is 53.6 cm³/mol. The maximum atomic E-state index is 10.8. The van der Waals surface area contributed by atoms with Crippen LogP contribution in [-0.2, 0) is 9.53 Å². The van der Waals surface area contributed by atoms with E-state index in [4.69, 9.17) is 14.3 Å². The summed E-state index contributed by atoms with van der Waals surface area (Å²) in [6, 6.07) is 2.68. The maximum absolute atomic E-state index is 10.8. The average molecular weight is 213 g/mol. The van der Waals surface area contributed by atoms with Gasteiger partial charge in [-0.05, 0) is 19.1 Å². The lowest BCUT2D eigenvalue weighted by molar-refractivity contribution is -0.141. The van der Waals surface area contributed by atoms with E-state index < -0.39 is 12.0 Å². The molecule has 0 aliphatic carbocycles. The summed E-state index contributed by atoms with van der Waals surface area (Å²) in [6.07, 6.45) is 1.56. The topological polar surface area (TPSA) is 71.7 Å². The number of hydrogen-bond donors (Lipinski definition) is 2. The molecule has 1 rings (SSSR count). The van der Waals surface area contributed by atoms with Crippen molar-refractivity contribution in [2.45, 2.75) is 19.0 Å². The Kier molecular flexibility index (Phi) is 4.33. The molecule has 0 aromatic carbocycles. The highest BCUT2D eigenvalue weighted by atomic mass is 16.5. The first-order valence-corrected chi connectivity index (χ1v) is 4.66. The lowest BCUT2D eigenvalue weighted by Crippen LogP contribution is -2.41. The molecule has 2 N–H and O–H groups in total. The molecule has 5 heteroatoms. The van der Waals surface area contributed by atoms with Gasteiger partial charge in [0.1, 0.15) is 11.8 Å². The van der Waals surface area contributed by atoms with Gasteiger partial charge in [-0.15, -0.1) is 0 Å². The van der Waals surface area contributed by atoms with E-state index in [1.165, 1.54) is 7.11 Å². The Morgan fingerprint density at radius 1 is 1.73 bits per heavy atom. The summed E-state index contributed by atoms with van der Waals surface area (Å²) >= 11 is 0. The fourth-order valence-corrected chi connectivity index (χ4v) is 1.28. The Bertz CT molecular complexity index is 296. The molecular formula is C10H15NO4. The van der Waals surface area contributed by atoms with Crippen LogP contribution in [0.3, 0.4) is 0 Å². The number of carbonyl (C=O) groups is 1. The number of hydrogen-bond acceptors (Lipinski definition) is 4. The normalized spacial score (nSPS) is 14.8. The third-order valence-electron chi connectivity index (χ3n) is 2.05. The van der Waals surface area contributed by atoms with Gasteiger partial charge in [0.15, 0.2) is 0 Å². The first-order valence-electron chi connectivity index (χ1n) is 4.66. The van der Waals surface area contributed by atoms with Gasteiger partial charge in [-0.25, -0.2) is 0 Å². The number of furan rings is 1. The summed E-state index contributed by atoms with van der Waals surface area (Å²) in [6.45, 7) is 1.96. The number of aliphatic carboxylic acids is 1. The Morgan fingerprint density at radius 3 is 2.93 bits per heavy atom. The zero-order valence-corrected chi connectivity index (χ0v) is 8.77. The van der Waals surface area contributed by atoms with Gasteiger partial charge in [-0.3, -0.25) is 10.1 Å². The minimum absolute atomic E-state index is 0.125. The molecular weight excluding hydrogens is 198 g/mol. The van der Waals surface area contributed by atoms with Crippen LogP contribution in [0.1, 0.15) is 18.7 Å². The fourth-order valence-electron chi connectivity index (χ4n) is 1.28. The summed E-state index contributed by atoms with van der Waals surface area (Å²) in [7, 11) is 1.47. The molecule has 15 heavy (non-hydrogen) atoms. The zero-order chi connectivity index (χ0) is 11.3. The smallest absolute Gasteiger partial charge is 0.323 e. The second-order valence-electron chi connectivity index (χ2n) is 3.25. The third-order valence-corrected chi connectivity index (χ3v) is 2.05. The van der Waals surface area contributed by atoms with E-state index in [1.807, 2.05) is 6.92 Å². The fraction of sp³-hybridized carbons (Fsp3) is 0.500. The van der Waals surface area contributed by atoms with Crippen LogP contribution in [0, 0.1) is 0 Å². The van der Waals surface area contributed by atoms with Crippen LogP contribution in [0.4, 0.5) is 0 Å². The molecule has 2 atom stereocenters. The Morgan fingerprint density at radius 2 is 2.47 bits per heavy atom. The molecule has 0 fully saturated rings. The second kappa shape index (κ2) is 5.53. The van der Waals surface area contributed by atoms with E-state index in [0.29, 0.717) is 5.76 Å². The Hall–Kier alpha value is -1.33. The first kappa shape index (κ1) is 11.7. The molecule has 84 valence electrons. The van der Waals surface area contributed by atoms with Crippen molar-refractivity contribution < 1.29 is 19.1 Å². The molecule has 2 unspecified atom stereocenters. The molecule has 0 spiro atoms. The van der Waals surface area contributed by atoms with E-state index in [2.05, 4.69) is 5.32 Å². The largest absolute Gasteiger partial charge is 0.480 e. The number of carboxylic acids is 1. The summed E-state index contributed by atoms with van der Waals surface area (Å²) in [5, 5.41) is 11.8. The van der Waals surface area contributed by atoms with Crippen LogP contribution in [0.25, 0.3) is 0 Å². The molecule has 0 saturated heterocycles. The minimum atomic E-state index is -0.935. The number of rotatable bonds is 6. The van der Waals surface area contributed by atoms with E-state index in [-0.39, 0.29) is 12.6 Å². The highest BCUT2D eigenvalue weighted by molar-refractivity contribution is 5.73. The van der Waals surface area contributed by atoms with Crippen LogP contribution >= 0.6 is 0 Å². The number of nitrogens with one attached hydrogen (secondary N) is 1. The standard InChI is InChI=1S/C10H15NO4/c1-7(9-4-3-5-15-9)11-8(6-14-2)10(12)13/h3-5,7-8,11H,6H2,1-2H3,(H,12,13). The van der Waals surface area contributed by atoms with Crippen LogP contribution in [0.5, 0.6) is 0 Å².